The molecule has 6 nitrogen and oxygen atoms in total. The van der Waals surface area contributed by atoms with Crippen LogP contribution in [0.25, 0.3) is 0 Å². The van der Waals surface area contributed by atoms with Gasteiger partial charge in [-0.05, 0) is 32.0 Å². The van der Waals surface area contributed by atoms with Gasteiger partial charge in [0.2, 0.25) is 11.8 Å². The van der Waals surface area contributed by atoms with Gasteiger partial charge in [0, 0.05) is 5.02 Å². The van der Waals surface area contributed by atoms with Gasteiger partial charge in [0.1, 0.15) is 11.5 Å². The van der Waals surface area contributed by atoms with Gasteiger partial charge in [-0.25, -0.2) is 9.69 Å². The second kappa shape index (κ2) is 4.62. The van der Waals surface area contributed by atoms with Crippen LogP contribution in [-0.2, 0) is 9.59 Å². The lowest BCUT2D eigenvalue weighted by Gasteiger charge is -2.34. The summed E-state index contributed by atoms with van der Waals surface area (Å²) in [6.45, 7) is 2.81. The number of urea groups is 1. The van der Waals surface area contributed by atoms with Gasteiger partial charge in [0.25, 0.3) is 0 Å². The van der Waals surface area contributed by atoms with Crippen LogP contribution in [0.5, 0.6) is 0 Å². The molecule has 1 aliphatic rings. The Balaban J connectivity index is 2.60. The number of hydrogen-bond donors (Lipinski definition) is 1. The predicted molar refractivity (Wildman–Crippen MR) is 71.0 cm³/mol. The Hall–Kier alpha value is -2.39. The fraction of sp³-hybridized carbons (Fsp3) is 0.231. The second-order valence-corrected chi connectivity index (χ2v) is 5.23. The van der Waals surface area contributed by atoms with E-state index in [0.717, 1.165) is 4.90 Å². The van der Waals surface area contributed by atoms with Crippen molar-refractivity contribution in [3.05, 3.63) is 28.8 Å². The molecular weight excluding hydrogens is 282 g/mol. The van der Waals surface area contributed by atoms with Crippen LogP contribution in [0.1, 0.15) is 19.4 Å². The molecule has 2 rings (SSSR count). The SMILES string of the molecule is CC1(C)C(=O)NC(=O)N(c2cc(Cl)ccc2C#N)C1=O. The molecule has 1 fully saturated rings. The molecule has 1 aromatic rings. The minimum atomic E-state index is -1.40. The van der Waals surface area contributed by atoms with Crippen LogP contribution in [0, 0.1) is 16.7 Å². The third kappa shape index (κ3) is 2.02. The van der Waals surface area contributed by atoms with Crippen molar-refractivity contribution in [1.29, 1.82) is 5.26 Å². The minimum absolute atomic E-state index is 0.0584. The van der Waals surface area contributed by atoms with E-state index in [1.54, 1.807) is 0 Å². The lowest BCUT2D eigenvalue weighted by molar-refractivity contribution is -0.140. The highest BCUT2D eigenvalue weighted by molar-refractivity contribution is 6.32. The lowest BCUT2D eigenvalue weighted by atomic mass is 9.88. The van der Waals surface area contributed by atoms with E-state index < -0.39 is 23.3 Å². The molecule has 0 unspecified atom stereocenters. The van der Waals surface area contributed by atoms with Crippen molar-refractivity contribution in [3.8, 4) is 6.07 Å². The molecule has 7 heteroatoms. The maximum atomic E-state index is 12.3. The molecule has 0 spiro atoms. The average Bonchev–Trinajstić information content (AvgIpc) is 2.37. The van der Waals surface area contributed by atoms with Gasteiger partial charge in [-0.2, -0.15) is 5.26 Å². The quantitative estimate of drug-likeness (QED) is 0.799. The lowest BCUT2D eigenvalue weighted by Crippen LogP contribution is -2.62. The van der Waals surface area contributed by atoms with Crippen molar-refractivity contribution >= 4 is 35.1 Å². The largest absolute Gasteiger partial charge is 0.335 e. The standard InChI is InChI=1S/C13H10ClN3O3/c1-13(2)10(18)16-12(20)17(11(13)19)9-5-8(14)4-3-7(9)6-15/h3-5H,1-2H3,(H,16,18,20). The van der Waals surface area contributed by atoms with Crippen LogP contribution in [0.3, 0.4) is 0 Å². The van der Waals surface area contributed by atoms with Crippen LogP contribution in [-0.4, -0.2) is 17.8 Å². The molecule has 1 N–H and O–H groups in total. The number of hydrogen-bond acceptors (Lipinski definition) is 4. The number of carbonyl (C=O) groups is 3. The van der Waals surface area contributed by atoms with E-state index in [0.29, 0.717) is 0 Å². The second-order valence-electron chi connectivity index (χ2n) is 4.80. The highest BCUT2D eigenvalue weighted by Gasteiger charge is 2.48. The van der Waals surface area contributed by atoms with Crippen LogP contribution in [0.4, 0.5) is 10.5 Å². The Labute approximate surface area is 119 Å². The first kappa shape index (κ1) is 14.0. The van der Waals surface area contributed by atoms with E-state index in [1.165, 1.54) is 32.0 Å². The van der Waals surface area contributed by atoms with Gasteiger partial charge in [-0.15, -0.1) is 0 Å². The van der Waals surface area contributed by atoms with Crippen LogP contribution in [0.15, 0.2) is 18.2 Å². The molecule has 102 valence electrons. The Kier molecular flexibility index (Phi) is 3.24. The van der Waals surface area contributed by atoms with E-state index in [4.69, 9.17) is 16.9 Å². The topological polar surface area (TPSA) is 90.3 Å². The molecule has 0 aliphatic carbocycles. The number of rotatable bonds is 1. The number of anilines is 1. The van der Waals surface area contributed by atoms with Crippen LogP contribution < -0.4 is 10.2 Å². The molecule has 1 aliphatic heterocycles. The monoisotopic (exact) mass is 291 g/mol. The number of nitrogens with one attached hydrogen (secondary N) is 1. The maximum absolute atomic E-state index is 12.3. The van der Waals surface area contributed by atoms with Gasteiger partial charge in [-0.3, -0.25) is 14.9 Å². The zero-order valence-electron chi connectivity index (χ0n) is 10.7. The zero-order valence-corrected chi connectivity index (χ0v) is 11.5. The Morgan fingerprint density at radius 2 is 1.95 bits per heavy atom. The summed E-state index contributed by atoms with van der Waals surface area (Å²) in [5, 5.41) is 11.4. The highest BCUT2D eigenvalue weighted by atomic mass is 35.5. The number of halogens is 1. The number of carbonyl (C=O) groups excluding carboxylic acids is 3. The first-order chi connectivity index (χ1) is 9.28. The van der Waals surface area contributed by atoms with E-state index in [1.807, 2.05) is 6.07 Å². The number of amides is 4. The van der Waals surface area contributed by atoms with Crippen LogP contribution >= 0.6 is 11.6 Å². The van der Waals surface area contributed by atoms with Gasteiger partial charge in [-0.1, -0.05) is 11.6 Å². The predicted octanol–water partition coefficient (Wildman–Crippen LogP) is 1.82. The first-order valence-corrected chi connectivity index (χ1v) is 6.06. The summed E-state index contributed by atoms with van der Waals surface area (Å²) in [6, 6.07) is 5.21. The van der Waals surface area contributed by atoms with Crippen molar-refractivity contribution < 1.29 is 14.4 Å². The van der Waals surface area contributed by atoms with E-state index in [9.17, 15) is 14.4 Å². The van der Waals surface area contributed by atoms with Crippen molar-refractivity contribution in [2.75, 3.05) is 4.90 Å². The van der Waals surface area contributed by atoms with Crippen LogP contribution in [0.2, 0.25) is 5.02 Å². The number of imide groups is 2. The molecule has 0 atom stereocenters. The van der Waals surface area contributed by atoms with E-state index in [2.05, 4.69) is 5.32 Å². The Morgan fingerprint density at radius 1 is 1.30 bits per heavy atom. The number of nitriles is 1. The van der Waals surface area contributed by atoms with Gasteiger partial charge < -0.3 is 0 Å². The minimum Gasteiger partial charge on any atom is -0.276 e. The zero-order chi connectivity index (χ0) is 15.1. The number of barbiturate groups is 1. The summed E-state index contributed by atoms with van der Waals surface area (Å²) < 4.78 is 0. The normalized spacial score (nSPS) is 17.7. The van der Waals surface area contributed by atoms with E-state index >= 15 is 0 Å². The van der Waals surface area contributed by atoms with Crippen molar-refractivity contribution in [2.24, 2.45) is 5.41 Å². The van der Waals surface area contributed by atoms with Crippen molar-refractivity contribution in [1.82, 2.24) is 5.32 Å². The molecule has 20 heavy (non-hydrogen) atoms. The summed E-state index contributed by atoms with van der Waals surface area (Å²) >= 11 is 5.84. The smallest absolute Gasteiger partial charge is 0.276 e. The molecule has 1 aromatic carbocycles. The summed E-state index contributed by atoms with van der Waals surface area (Å²) in [5.41, 5.74) is -1.23. The Bertz CT molecular complexity index is 676. The molecule has 0 aromatic heterocycles. The third-order valence-corrected chi connectivity index (χ3v) is 3.29. The molecule has 4 amide bonds. The van der Waals surface area contributed by atoms with Gasteiger partial charge >= 0.3 is 6.03 Å². The molecule has 1 saturated heterocycles. The van der Waals surface area contributed by atoms with Crippen molar-refractivity contribution in [2.45, 2.75) is 13.8 Å². The molecule has 0 bridgehead atoms. The first-order valence-electron chi connectivity index (χ1n) is 5.68. The maximum Gasteiger partial charge on any atom is 0.335 e. The molecule has 0 saturated carbocycles. The molecular formula is C13H10ClN3O3. The third-order valence-electron chi connectivity index (χ3n) is 3.05. The highest BCUT2D eigenvalue weighted by Crippen LogP contribution is 2.31. The van der Waals surface area contributed by atoms with Gasteiger partial charge in [0.05, 0.1) is 11.3 Å². The number of nitrogens with zero attached hydrogens (tertiary/aromatic N) is 2. The fourth-order valence-electron chi connectivity index (χ4n) is 1.78. The number of benzene rings is 1. The summed E-state index contributed by atoms with van der Waals surface area (Å²) in [7, 11) is 0. The summed E-state index contributed by atoms with van der Waals surface area (Å²) in [4.78, 5) is 36.7. The summed E-state index contributed by atoms with van der Waals surface area (Å²) in [5.74, 6) is -1.38. The Morgan fingerprint density at radius 3 is 2.55 bits per heavy atom. The average molecular weight is 292 g/mol. The molecule has 1 heterocycles. The van der Waals surface area contributed by atoms with Gasteiger partial charge in [0.15, 0.2) is 0 Å². The fourth-order valence-corrected chi connectivity index (χ4v) is 1.95. The molecule has 0 radical (unpaired) electrons. The van der Waals surface area contributed by atoms with Crippen molar-refractivity contribution in [3.63, 3.8) is 0 Å². The van der Waals surface area contributed by atoms with E-state index in [-0.39, 0.29) is 16.3 Å². The summed E-state index contributed by atoms with van der Waals surface area (Å²) in [6.07, 6.45) is 0.